The second-order valence-corrected chi connectivity index (χ2v) is 5.69. The van der Waals surface area contributed by atoms with Crippen LogP contribution in [0.2, 0.25) is 0 Å². The molecule has 4 heteroatoms. The van der Waals surface area contributed by atoms with E-state index in [-0.39, 0.29) is 6.10 Å². The van der Waals surface area contributed by atoms with Crippen LogP contribution in [0.1, 0.15) is 32.3 Å². The number of hydrogen-bond acceptors (Lipinski definition) is 2. The molecule has 1 rings (SSSR count). The first-order chi connectivity index (χ1) is 8.12. The molecular weight excluding hydrogens is 346 g/mol. The smallest absolute Gasteiger partial charge is 0.148 e. The van der Waals surface area contributed by atoms with Gasteiger partial charge in [0.05, 0.1) is 15.0 Å². The van der Waals surface area contributed by atoms with Crippen LogP contribution in [-0.2, 0) is 6.42 Å². The van der Waals surface area contributed by atoms with Crippen molar-refractivity contribution in [2.45, 2.75) is 39.2 Å². The fourth-order valence-corrected chi connectivity index (χ4v) is 3.13. The molecule has 0 amide bonds. The van der Waals surface area contributed by atoms with Crippen molar-refractivity contribution < 1.29 is 4.74 Å². The number of rotatable bonds is 6. The number of hydrogen-bond donors (Lipinski definition) is 1. The van der Waals surface area contributed by atoms with Gasteiger partial charge in [-0.05, 0) is 75.4 Å². The van der Waals surface area contributed by atoms with Gasteiger partial charge in [-0.3, -0.25) is 0 Å². The highest BCUT2D eigenvalue weighted by molar-refractivity contribution is 9.11. The summed E-state index contributed by atoms with van der Waals surface area (Å²) < 4.78 is 7.96. The zero-order valence-electron chi connectivity index (χ0n) is 10.3. The van der Waals surface area contributed by atoms with Gasteiger partial charge in [0.1, 0.15) is 5.75 Å². The summed E-state index contributed by atoms with van der Waals surface area (Å²) in [7, 11) is 0. The second kappa shape index (κ2) is 7.39. The maximum Gasteiger partial charge on any atom is 0.148 e. The first-order valence-corrected chi connectivity index (χ1v) is 7.55. The van der Waals surface area contributed by atoms with Crippen LogP contribution in [0, 0.1) is 0 Å². The molecule has 2 N–H and O–H groups in total. The summed E-state index contributed by atoms with van der Waals surface area (Å²) in [4.78, 5) is 0. The molecule has 0 heterocycles. The molecule has 0 atom stereocenters. The van der Waals surface area contributed by atoms with Crippen LogP contribution >= 0.6 is 31.9 Å². The van der Waals surface area contributed by atoms with Crippen molar-refractivity contribution in [2.24, 2.45) is 5.73 Å². The average molecular weight is 365 g/mol. The molecule has 0 fully saturated rings. The van der Waals surface area contributed by atoms with Crippen LogP contribution in [0.5, 0.6) is 5.75 Å². The lowest BCUT2D eigenvalue weighted by molar-refractivity contribution is 0.190. The van der Waals surface area contributed by atoms with Gasteiger partial charge < -0.3 is 10.5 Å². The van der Waals surface area contributed by atoms with Gasteiger partial charge in [0.2, 0.25) is 0 Å². The van der Waals surface area contributed by atoms with E-state index in [1.165, 1.54) is 5.56 Å². The standard InChI is InChI=1S/C13H19Br2NO/c1-3-10(4-2)17-13-11(14)7-9(5-6-16)8-12(13)15/h7-8,10H,3-6,16H2,1-2H3. The Morgan fingerprint density at radius 3 is 2.12 bits per heavy atom. The number of nitrogens with two attached hydrogens (primary N) is 1. The summed E-state index contributed by atoms with van der Waals surface area (Å²) in [6, 6.07) is 4.16. The average Bonchev–Trinajstić information content (AvgIpc) is 2.29. The maximum absolute atomic E-state index is 5.98. The van der Waals surface area contributed by atoms with Gasteiger partial charge in [0.15, 0.2) is 0 Å². The van der Waals surface area contributed by atoms with Gasteiger partial charge in [0, 0.05) is 0 Å². The maximum atomic E-state index is 5.98. The molecule has 0 spiro atoms. The molecule has 0 unspecified atom stereocenters. The molecule has 2 nitrogen and oxygen atoms in total. The number of halogens is 2. The third-order valence-corrected chi connectivity index (χ3v) is 3.86. The van der Waals surface area contributed by atoms with Crippen LogP contribution in [0.25, 0.3) is 0 Å². The topological polar surface area (TPSA) is 35.2 Å². The Balaban J connectivity index is 2.92. The van der Waals surface area contributed by atoms with Gasteiger partial charge in [-0.2, -0.15) is 0 Å². The Hall–Kier alpha value is -0.0600. The summed E-state index contributed by atoms with van der Waals surface area (Å²) in [5, 5.41) is 0. The highest BCUT2D eigenvalue weighted by Gasteiger charge is 2.13. The van der Waals surface area contributed by atoms with E-state index in [0.29, 0.717) is 6.54 Å². The third kappa shape index (κ3) is 4.27. The van der Waals surface area contributed by atoms with E-state index in [2.05, 4.69) is 57.8 Å². The minimum absolute atomic E-state index is 0.267. The van der Waals surface area contributed by atoms with E-state index < -0.39 is 0 Å². The molecule has 1 aromatic carbocycles. The molecule has 0 saturated carbocycles. The van der Waals surface area contributed by atoms with Crippen LogP contribution < -0.4 is 10.5 Å². The fourth-order valence-electron chi connectivity index (χ4n) is 1.66. The van der Waals surface area contributed by atoms with Crippen molar-refractivity contribution >= 4 is 31.9 Å². The van der Waals surface area contributed by atoms with E-state index in [1.807, 2.05) is 0 Å². The zero-order valence-corrected chi connectivity index (χ0v) is 13.5. The Labute approximate surface area is 120 Å². The lowest BCUT2D eigenvalue weighted by Gasteiger charge is -2.18. The summed E-state index contributed by atoms with van der Waals surface area (Å²) >= 11 is 7.12. The Morgan fingerprint density at radius 1 is 1.18 bits per heavy atom. The molecular formula is C13H19Br2NO. The predicted molar refractivity (Wildman–Crippen MR) is 79.6 cm³/mol. The quantitative estimate of drug-likeness (QED) is 0.817. The molecule has 17 heavy (non-hydrogen) atoms. The van der Waals surface area contributed by atoms with Crippen LogP contribution in [0.4, 0.5) is 0 Å². The van der Waals surface area contributed by atoms with Crippen LogP contribution in [-0.4, -0.2) is 12.6 Å². The van der Waals surface area contributed by atoms with Gasteiger partial charge in [-0.15, -0.1) is 0 Å². The third-order valence-electron chi connectivity index (χ3n) is 2.69. The van der Waals surface area contributed by atoms with E-state index in [9.17, 15) is 0 Å². The van der Waals surface area contributed by atoms with Gasteiger partial charge in [-0.25, -0.2) is 0 Å². The monoisotopic (exact) mass is 363 g/mol. The Morgan fingerprint density at radius 2 is 1.71 bits per heavy atom. The Kier molecular flexibility index (Phi) is 6.52. The van der Waals surface area contributed by atoms with Crippen molar-refractivity contribution in [3.63, 3.8) is 0 Å². The molecule has 0 aliphatic carbocycles. The summed E-state index contributed by atoms with van der Waals surface area (Å²) in [6.45, 7) is 4.93. The zero-order chi connectivity index (χ0) is 12.8. The molecule has 0 aromatic heterocycles. The minimum Gasteiger partial charge on any atom is -0.488 e. The molecule has 1 aromatic rings. The normalized spacial score (nSPS) is 10.9. The van der Waals surface area contributed by atoms with Crippen molar-refractivity contribution in [1.29, 1.82) is 0 Å². The number of benzene rings is 1. The van der Waals surface area contributed by atoms with E-state index in [1.54, 1.807) is 0 Å². The summed E-state index contributed by atoms with van der Waals surface area (Å²) in [6.07, 6.45) is 3.17. The molecule has 0 aliphatic heterocycles. The van der Waals surface area contributed by atoms with Crippen molar-refractivity contribution in [1.82, 2.24) is 0 Å². The lowest BCUT2D eigenvalue weighted by Crippen LogP contribution is -2.14. The highest BCUT2D eigenvalue weighted by Crippen LogP contribution is 2.36. The fraction of sp³-hybridized carbons (Fsp3) is 0.538. The lowest BCUT2D eigenvalue weighted by atomic mass is 10.1. The van der Waals surface area contributed by atoms with Crippen molar-refractivity contribution in [3.05, 3.63) is 26.6 Å². The molecule has 0 radical (unpaired) electrons. The molecule has 0 saturated heterocycles. The molecule has 96 valence electrons. The van der Waals surface area contributed by atoms with Crippen molar-refractivity contribution in [3.8, 4) is 5.75 Å². The first kappa shape index (κ1) is 15.0. The van der Waals surface area contributed by atoms with E-state index >= 15 is 0 Å². The van der Waals surface area contributed by atoms with Crippen LogP contribution in [0.15, 0.2) is 21.1 Å². The summed E-state index contributed by atoms with van der Waals surface area (Å²) in [5.74, 6) is 0.888. The largest absolute Gasteiger partial charge is 0.488 e. The minimum atomic E-state index is 0.267. The van der Waals surface area contributed by atoms with Gasteiger partial charge >= 0.3 is 0 Å². The predicted octanol–water partition coefficient (Wildman–Crippen LogP) is 4.28. The first-order valence-electron chi connectivity index (χ1n) is 5.97. The van der Waals surface area contributed by atoms with Crippen LogP contribution in [0.3, 0.4) is 0 Å². The van der Waals surface area contributed by atoms with Crippen molar-refractivity contribution in [2.75, 3.05) is 6.54 Å². The van der Waals surface area contributed by atoms with Gasteiger partial charge in [-0.1, -0.05) is 13.8 Å². The molecule has 0 bridgehead atoms. The summed E-state index contributed by atoms with van der Waals surface area (Å²) in [5.41, 5.74) is 6.77. The highest BCUT2D eigenvalue weighted by atomic mass is 79.9. The van der Waals surface area contributed by atoms with E-state index in [0.717, 1.165) is 34.0 Å². The Bertz CT molecular complexity index is 341. The number of ether oxygens (including phenoxy) is 1. The second-order valence-electron chi connectivity index (χ2n) is 3.98. The van der Waals surface area contributed by atoms with Gasteiger partial charge in [0.25, 0.3) is 0 Å². The molecule has 0 aliphatic rings. The van der Waals surface area contributed by atoms with E-state index in [4.69, 9.17) is 10.5 Å². The SMILES string of the molecule is CCC(CC)Oc1c(Br)cc(CCN)cc1Br.